The molecule has 3 aromatic carbocycles. The van der Waals surface area contributed by atoms with E-state index < -0.39 is 5.91 Å². The first-order valence-corrected chi connectivity index (χ1v) is 11.8. The molecule has 7 nitrogen and oxygen atoms in total. The Morgan fingerprint density at radius 2 is 1.89 bits per heavy atom. The van der Waals surface area contributed by atoms with Crippen molar-refractivity contribution in [2.75, 3.05) is 13.4 Å². The molecule has 36 heavy (non-hydrogen) atoms. The summed E-state index contributed by atoms with van der Waals surface area (Å²) in [5.41, 5.74) is 2.18. The van der Waals surface area contributed by atoms with E-state index in [-0.39, 0.29) is 25.5 Å². The number of benzene rings is 3. The summed E-state index contributed by atoms with van der Waals surface area (Å²) in [6, 6.07) is 17.7. The lowest BCUT2D eigenvalue weighted by atomic mass is 10.1. The fourth-order valence-corrected chi connectivity index (χ4v) is 3.90. The van der Waals surface area contributed by atoms with Gasteiger partial charge in [0.05, 0.1) is 6.61 Å². The first-order valence-electron chi connectivity index (χ1n) is 11.1. The Bertz CT molecular complexity index is 1350. The zero-order valence-electron chi connectivity index (χ0n) is 19.3. The number of fused-ring (bicyclic) bond motifs is 1. The highest BCUT2D eigenvalue weighted by molar-refractivity contribution is 6.35. The van der Waals surface area contributed by atoms with E-state index in [9.17, 15) is 10.1 Å². The van der Waals surface area contributed by atoms with E-state index in [1.165, 1.54) is 6.08 Å². The van der Waals surface area contributed by atoms with E-state index in [0.29, 0.717) is 45.2 Å². The Morgan fingerprint density at radius 3 is 2.67 bits per heavy atom. The first kappa shape index (κ1) is 25.2. The summed E-state index contributed by atoms with van der Waals surface area (Å²) in [5.74, 6) is 1.78. The van der Waals surface area contributed by atoms with Crippen molar-refractivity contribution < 1.29 is 23.7 Å². The highest BCUT2D eigenvalue weighted by atomic mass is 35.5. The molecular formula is C27H22Cl2N2O5. The van der Waals surface area contributed by atoms with Gasteiger partial charge in [0, 0.05) is 22.2 Å². The molecule has 0 saturated carbocycles. The molecule has 0 spiro atoms. The Kier molecular flexibility index (Phi) is 8.21. The van der Waals surface area contributed by atoms with Gasteiger partial charge in [0.25, 0.3) is 5.91 Å². The lowest BCUT2D eigenvalue weighted by molar-refractivity contribution is -0.117. The summed E-state index contributed by atoms with van der Waals surface area (Å²) in [4.78, 5) is 12.6. The summed E-state index contributed by atoms with van der Waals surface area (Å²) in [6.45, 7) is 2.89. The number of amides is 1. The van der Waals surface area contributed by atoms with Crippen LogP contribution >= 0.6 is 23.2 Å². The molecule has 9 heteroatoms. The lowest BCUT2D eigenvalue weighted by Crippen LogP contribution is -2.23. The average molecular weight is 525 g/mol. The van der Waals surface area contributed by atoms with Crippen LogP contribution in [0, 0.1) is 11.3 Å². The van der Waals surface area contributed by atoms with Crippen molar-refractivity contribution >= 4 is 35.2 Å². The molecule has 0 radical (unpaired) electrons. The molecule has 0 aromatic heterocycles. The van der Waals surface area contributed by atoms with E-state index in [1.807, 2.05) is 19.1 Å². The molecule has 0 saturated heterocycles. The third kappa shape index (κ3) is 6.22. The van der Waals surface area contributed by atoms with E-state index in [4.69, 9.17) is 42.1 Å². The molecule has 184 valence electrons. The average Bonchev–Trinajstić information content (AvgIpc) is 3.34. The molecule has 1 aliphatic rings. The van der Waals surface area contributed by atoms with Gasteiger partial charge < -0.3 is 24.3 Å². The topological polar surface area (TPSA) is 89.8 Å². The van der Waals surface area contributed by atoms with Crippen LogP contribution in [0.25, 0.3) is 6.08 Å². The maximum Gasteiger partial charge on any atom is 0.262 e. The summed E-state index contributed by atoms with van der Waals surface area (Å²) in [7, 11) is 0. The number of hydrogen-bond donors (Lipinski definition) is 1. The molecule has 0 fully saturated rings. The number of carbonyl (C=O) groups excluding carboxylic acids is 1. The molecule has 0 unspecified atom stereocenters. The Labute approximate surface area is 218 Å². The van der Waals surface area contributed by atoms with Gasteiger partial charge in [0.2, 0.25) is 6.79 Å². The van der Waals surface area contributed by atoms with E-state index in [2.05, 4.69) is 5.32 Å². The summed E-state index contributed by atoms with van der Waals surface area (Å²) in [5, 5.41) is 13.4. The minimum atomic E-state index is -0.495. The van der Waals surface area contributed by atoms with Gasteiger partial charge in [-0.2, -0.15) is 5.26 Å². The van der Waals surface area contributed by atoms with Crippen LogP contribution in [0.2, 0.25) is 10.0 Å². The predicted molar refractivity (Wildman–Crippen MR) is 136 cm³/mol. The van der Waals surface area contributed by atoms with Crippen molar-refractivity contribution in [2.24, 2.45) is 0 Å². The van der Waals surface area contributed by atoms with Crippen molar-refractivity contribution in [3.05, 3.63) is 86.9 Å². The molecule has 0 atom stereocenters. The SMILES string of the molecule is CCOc1cc(/C=C(\C#N)C(=O)NCc2ccc3c(c2)OCO3)ccc1OCc1ccc(Cl)cc1Cl. The van der Waals surface area contributed by atoms with Gasteiger partial charge in [0.1, 0.15) is 18.2 Å². The number of carbonyl (C=O) groups is 1. The van der Waals surface area contributed by atoms with Gasteiger partial charge in [-0.1, -0.05) is 41.4 Å². The van der Waals surface area contributed by atoms with Gasteiger partial charge in [-0.15, -0.1) is 0 Å². The van der Waals surface area contributed by atoms with Crippen LogP contribution in [0.3, 0.4) is 0 Å². The maximum atomic E-state index is 12.6. The monoisotopic (exact) mass is 524 g/mol. The first-order chi connectivity index (χ1) is 17.5. The Balaban J connectivity index is 1.45. The van der Waals surface area contributed by atoms with Crippen LogP contribution < -0.4 is 24.3 Å². The summed E-state index contributed by atoms with van der Waals surface area (Å²) >= 11 is 12.2. The normalized spacial score (nSPS) is 12.1. The molecule has 3 aromatic rings. The quantitative estimate of drug-likeness (QED) is 0.276. The minimum Gasteiger partial charge on any atom is -0.490 e. The van der Waals surface area contributed by atoms with E-state index in [0.717, 1.165) is 11.1 Å². The number of rotatable bonds is 9. The second-order valence-electron chi connectivity index (χ2n) is 7.70. The molecular weight excluding hydrogens is 503 g/mol. The summed E-state index contributed by atoms with van der Waals surface area (Å²) < 4.78 is 22.3. The number of ether oxygens (including phenoxy) is 4. The number of nitriles is 1. The van der Waals surface area contributed by atoms with E-state index >= 15 is 0 Å². The van der Waals surface area contributed by atoms with Crippen LogP contribution in [0.5, 0.6) is 23.0 Å². The van der Waals surface area contributed by atoms with Crippen LogP contribution in [-0.2, 0) is 17.9 Å². The predicted octanol–water partition coefficient (Wildman–Crippen LogP) is 5.92. The van der Waals surface area contributed by atoms with Crippen molar-refractivity contribution in [2.45, 2.75) is 20.1 Å². The van der Waals surface area contributed by atoms with Gasteiger partial charge >= 0.3 is 0 Å². The Hall–Kier alpha value is -3.86. The third-order valence-electron chi connectivity index (χ3n) is 5.23. The number of halogens is 2. The molecule has 0 bridgehead atoms. The molecule has 1 aliphatic heterocycles. The van der Waals surface area contributed by atoms with Crippen molar-refractivity contribution in [1.82, 2.24) is 5.32 Å². The van der Waals surface area contributed by atoms with Crippen LogP contribution in [0.1, 0.15) is 23.6 Å². The zero-order valence-corrected chi connectivity index (χ0v) is 20.9. The van der Waals surface area contributed by atoms with Gasteiger partial charge in [-0.3, -0.25) is 4.79 Å². The van der Waals surface area contributed by atoms with Crippen LogP contribution in [0.4, 0.5) is 0 Å². The van der Waals surface area contributed by atoms with Crippen molar-refractivity contribution in [1.29, 1.82) is 5.26 Å². The number of nitrogens with zero attached hydrogens (tertiary/aromatic N) is 1. The minimum absolute atomic E-state index is 0.0418. The zero-order chi connectivity index (χ0) is 25.5. The Morgan fingerprint density at radius 1 is 1.06 bits per heavy atom. The molecule has 1 heterocycles. The standard InChI is InChI=1S/C27H22Cl2N2O5/c1-2-33-25-10-17(3-7-23(25)34-15-19-5-6-21(28)12-22(19)29)9-20(13-30)27(32)31-14-18-4-8-24-26(11-18)36-16-35-24/h3-12H,2,14-16H2,1H3,(H,31,32)/b20-9+. The van der Waals surface area contributed by atoms with E-state index in [1.54, 1.807) is 48.5 Å². The second kappa shape index (κ2) is 11.7. The summed E-state index contributed by atoms with van der Waals surface area (Å²) in [6.07, 6.45) is 1.50. The van der Waals surface area contributed by atoms with Crippen LogP contribution in [-0.4, -0.2) is 19.3 Å². The highest BCUT2D eigenvalue weighted by Gasteiger charge is 2.15. The van der Waals surface area contributed by atoms with Gasteiger partial charge in [0.15, 0.2) is 23.0 Å². The molecule has 1 N–H and O–H groups in total. The third-order valence-corrected chi connectivity index (χ3v) is 5.82. The molecule has 0 aliphatic carbocycles. The van der Waals surface area contributed by atoms with Gasteiger partial charge in [-0.25, -0.2) is 0 Å². The van der Waals surface area contributed by atoms with Crippen molar-refractivity contribution in [3.63, 3.8) is 0 Å². The fraction of sp³-hybridized carbons (Fsp3) is 0.185. The van der Waals surface area contributed by atoms with Gasteiger partial charge in [-0.05, 0) is 60.5 Å². The molecule has 1 amide bonds. The van der Waals surface area contributed by atoms with Crippen molar-refractivity contribution in [3.8, 4) is 29.1 Å². The lowest BCUT2D eigenvalue weighted by Gasteiger charge is -2.13. The molecule has 4 rings (SSSR count). The largest absolute Gasteiger partial charge is 0.490 e. The fourth-order valence-electron chi connectivity index (χ4n) is 3.44. The number of nitrogens with one attached hydrogen (secondary N) is 1. The van der Waals surface area contributed by atoms with Crippen LogP contribution in [0.15, 0.2) is 60.2 Å². The highest BCUT2D eigenvalue weighted by Crippen LogP contribution is 2.33. The smallest absolute Gasteiger partial charge is 0.262 e. The number of hydrogen-bond acceptors (Lipinski definition) is 6. The second-order valence-corrected chi connectivity index (χ2v) is 8.55. The maximum absolute atomic E-state index is 12.6.